The summed E-state index contributed by atoms with van der Waals surface area (Å²) in [7, 11) is 0. The lowest BCUT2D eigenvalue weighted by atomic mass is 9.85. The standard InChI is InChI=1S/C20H30N4O2.HI/c21-20(23-15-6-3-1-2-4-7-15)22-10-5-11-24-18(25)16-13-8-9-14(12-13)17(16)19(24)26;/h8-9,13-17H,1-7,10-12H2,(H3,21,22,23);1H. The molecule has 4 rings (SSSR count). The molecule has 4 unspecified atom stereocenters. The first-order valence-electron chi connectivity index (χ1n) is 10.2. The number of hydrogen-bond donors (Lipinski definition) is 2. The Labute approximate surface area is 178 Å². The zero-order chi connectivity index (χ0) is 18.1. The second-order valence-corrected chi connectivity index (χ2v) is 8.28. The molecule has 1 saturated heterocycles. The molecule has 2 saturated carbocycles. The fourth-order valence-corrected chi connectivity index (χ4v) is 5.29. The number of likely N-dealkylation sites (tertiary alicyclic amines) is 1. The maximum atomic E-state index is 12.6. The summed E-state index contributed by atoms with van der Waals surface area (Å²) in [5.41, 5.74) is 6.01. The molecule has 3 fully saturated rings. The van der Waals surface area contributed by atoms with Crippen molar-refractivity contribution in [3.63, 3.8) is 0 Å². The van der Waals surface area contributed by atoms with Gasteiger partial charge in [0.1, 0.15) is 0 Å². The number of amides is 2. The van der Waals surface area contributed by atoms with Gasteiger partial charge in [-0.1, -0.05) is 37.8 Å². The molecule has 1 aliphatic heterocycles. The van der Waals surface area contributed by atoms with E-state index >= 15 is 0 Å². The summed E-state index contributed by atoms with van der Waals surface area (Å²) in [6, 6.07) is 0.435. The van der Waals surface area contributed by atoms with Gasteiger partial charge in [-0.05, 0) is 37.5 Å². The predicted octanol–water partition coefficient (Wildman–Crippen LogP) is 2.43. The van der Waals surface area contributed by atoms with E-state index in [0.29, 0.717) is 31.5 Å². The van der Waals surface area contributed by atoms with Crippen LogP contribution in [-0.2, 0) is 9.59 Å². The molecule has 4 atom stereocenters. The van der Waals surface area contributed by atoms with Crippen LogP contribution in [0.3, 0.4) is 0 Å². The first-order chi connectivity index (χ1) is 12.6. The molecule has 6 nitrogen and oxygen atoms in total. The number of nitrogens with zero attached hydrogens (tertiary/aromatic N) is 2. The summed E-state index contributed by atoms with van der Waals surface area (Å²) in [4.78, 5) is 31.1. The van der Waals surface area contributed by atoms with Crippen molar-refractivity contribution in [2.75, 3.05) is 13.1 Å². The number of guanidine groups is 1. The number of hydrogen-bond acceptors (Lipinski definition) is 3. The highest BCUT2D eigenvalue weighted by Crippen LogP contribution is 2.52. The molecule has 0 aromatic heterocycles. The van der Waals surface area contributed by atoms with Gasteiger partial charge in [-0.2, -0.15) is 0 Å². The van der Waals surface area contributed by atoms with E-state index in [-0.39, 0.29) is 59.5 Å². The average Bonchev–Trinajstić information content (AvgIpc) is 3.23. The highest BCUT2D eigenvalue weighted by molar-refractivity contribution is 14.0. The number of halogens is 1. The van der Waals surface area contributed by atoms with E-state index < -0.39 is 0 Å². The third-order valence-corrected chi connectivity index (χ3v) is 6.59. The van der Waals surface area contributed by atoms with Gasteiger partial charge < -0.3 is 11.1 Å². The van der Waals surface area contributed by atoms with Crippen molar-refractivity contribution < 1.29 is 9.59 Å². The second kappa shape index (κ2) is 8.92. The molecule has 27 heavy (non-hydrogen) atoms. The number of fused-ring (bicyclic) bond motifs is 5. The monoisotopic (exact) mass is 486 g/mol. The van der Waals surface area contributed by atoms with Crippen molar-refractivity contribution in [2.24, 2.45) is 34.4 Å². The van der Waals surface area contributed by atoms with Gasteiger partial charge in [-0.15, -0.1) is 24.0 Å². The lowest BCUT2D eigenvalue weighted by molar-refractivity contribution is -0.140. The van der Waals surface area contributed by atoms with Crippen molar-refractivity contribution in [2.45, 2.75) is 57.4 Å². The molecular weight excluding hydrogens is 455 g/mol. The maximum Gasteiger partial charge on any atom is 0.233 e. The Morgan fingerprint density at radius 3 is 2.26 bits per heavy atom. The van der Waals surface area contributed by atoms with Gasteiger partial charge in [-0.25, -0.2) is 0 Å². The summed E-state index contributed by atoms with van der Waals surface area (Å²) in [5, 5.41) is 3.33. The van der Waals surface area contributed by atoms with E-state index in [1.807, 2.05) is 0 Å². The van der Waals surface area contributed by atoms with Crippen LogP contribution in [-0.4, -0.2) is 41.8 Å². The molecule has 0 radical (unpaired) electrons. The van der Waals surface area contributed by atoms with Crippen LogP contribution in [0.15, 0.2) is 17.1 Å². The molecule has 0 aromatic carbocycles. The molecule has 150 valence electrons. The van der Waals surface area contributed by atoms with Crippen LogP contribution in [0.2, 0.25) is 0 Å². The number of nitrogens with one attached hydrogen (secondary N) is 1. The molecule has 2 amide bonds. The summed E-state index contributed by atoms with van der Waals surface area (Å²) < 4.78 is 0. The molecular formula is C20H31IN4O2. The van der Waals surface area contributed by atoms with Crippen molar-refractivity contribution in [1.82, 2.24) is 10.2 Å². The van der Waals surface area contributed by atoms with Crippen molar-refractivity contribution >= 4 is 41.8 Å². The minimum absolute atomic E-state index is 0. The Kier molecular flexibility index (Phi) is 6.81. The van der Waals surface area contributed by atoms with Gasteiger partial charge in [0.25, 0.3) is 0 Å². The lowest BCUT2D eigenvalue weighted by Crippen LogP contribution is -2.40. The zero-order valence-corrected chi connectivity index (χ0v) is 18.1. The van der Waals surface area contributed by atoms with Gasteiger partial charge in [0.05, 0.1) is 11.8 Å². The minimum Gasteiger partial charge on any atom is -0.370 e. The molecule has 0 aromatic rings. The van der Waals surface area contributed by atoms with E-state index in [9.17, 15) is 9.59 Å². The van der Waals surface area contributed by atoms with E-state index in [0.717, 1.165) is 19.3 Å². The Morgan fingerprint density at radius 1 is 1.07 bits per heavy atom. The quantitative estimate of drug-likeness (QED) is 0.119. The zero-order valence-electron chi connectivity index (χ0n) is 15.8. The predicted molar refractivity (Wildman–Crippen MR) is 116 cm³/mol. The van der Waals surface area contributed by atoms with Crippen molar-refractivity contribution in [3.8, 4) is 0 Å². The first kappa shape index (κ1) is 20.6. The number of aliphatic imine (C=N–C) groups is 1. The number of rotatable bonds is 5. The number of allylic oxidation sites excluding steroid dienone is 2. The molecule has 3 N–H and O–H groups in total. The largest absolute Gasteiger partial charge is 0.370 e. The Hall–Kier alpha value is -1.12. The van der Waals surface area contributed by atoms with Crippen LogP contribution < -0.4 is 11.1 Å². The average molecular weight is 486 g/mol. The van der Waals surface area contributed by atoms with E-state index in [1.54, 1.807) is 0 Å². The highest BCUT2D eigenvalue weighted by Gasteiger charge is 2.58. The van der Waals surface area contributed by atoms with Crippen LogP contribution in [0.4, 0.5) is 0 Å². The lowest BCUT2D eigenvalue weighted by Gasteiger charge is -2.18. The first-order valence-corrected chi connectivity index (χ1v) is 10.2. The normalized spacial score (nSPS) is 33.2. The Morgan fingerprint density at radius 2 is 1.67 bits per heavy atom. The van der Waals surface area contributed by atoms with Gasteiger partial charge >= 0.3 is 0 Å². The topological polar surface area (TPSA) is 87.8 Å². The molecule has 7 heteroatoms. The molecule has 3 aliphatic carbocycles. The van der Waals surface area contributed by atoms with Gasteiger partial charge in [-0.3, -0.25) is 19.5 Å². The minimum atomic E-state index is -0.0945. The van der Waals surface area contributed by atoms with Crippen LogP contribution in [0.25, 0.3) is 0 Å². The maximum absolute atomic E-state index is 12.6. The van der Waals surface area contributed by atoms with Gasteiger partial charge in [0, 0.05) is 19.1 Å². The summed E-state index contributed by atoms with van der Waals surface area (Å²) in [5.74, 6) is 0.935. The SMILES string of the molecule is I.NC(=NCCCN1C(=O)C2C3C=CC(C3)C2C1=O)NC1CCCCCC1. The number of carbonyl (C=O) groups excluding carboxylic acids is 2. The Balaban J connectivity index is 0.00000210. The van der Waals surface area contributed by atoms with E-state index in [2.05, 4.69) is 22.5 Å². The molecule has 2 bridgehead atoms. The second-order valence-electron chi connectivity index (χ2n) is 8.28. The molecule has 4 aliphatic rings. The van der Waals surface area contributed by atoms with Crippen LogP contribution in [0.1, 0.15) is 51.4 Å². The van der Waals surface area contributed by atoms with Gasteiger partial charge in [0.2, 0.25) is 11.8 Å². The van der Waals surface area contributed by atoms with Crippen molar-refractivity contribution in [1.29, 1.82) is 0 Å². The molecule has 1 heterocycles. The summed E-state index contributed by atoms with van der Waals surface area (Å²) >= 11 is 0. The molecule has 0 spiro atoms. The smallest absolute Gasteiger partial charge is 0.233 e. The van der Waals surface area contributed by atoms with Crippen LogP contribution in [0.5, 0.6) is 0 Å². The number of nitrogens with two attached hydrogens (primary N) is 1. The fourth-order valence-electron chi connectivity index (χ4n) is 5.29. The number of imide groups is 1. The summed E-state index contributed by atoms with van der Waals surface area (Å²) in [6.07, 6.45) is 13.4. The highest BCUT2D eigenvalue weighted by atomic mass is 127. The van der Waals surface area contributed by atoms with Crippen LogP contribution >= 0.6 is 24.0 Å². The van der Waals surface area contributed by atoms with E-state index in [4.69, 9.17) is 5.73 Å². The Bertz CT molecular complexity index is 597. The van der Waals surface area contributed by atoms with Gasteiger partial charge in [0.15, 0.2) is 5.96 Å². The third kappa shape index (κ3) is 4.17. The number of carbonyl (C=O) groups is 2. The van der Waals surface area contributed by atoms with Crippen molar-refractivity contribution in [3.05, 3.63) is 12.2 Å². The van der Waals surface area contributed by atoms with Crippen LogP contribution in [0, 0.1) is 23.7 Å². The summed E-state index contributed by atoms with van der Waals surface area (Å²) in [6.45, 7) is 1.01. The fraction of sp³-hybridized carbons (Fsp3) is 0.750. The van der Waals surface area contributed by atoms with E-state index in [1.165, 1.54) is 30.6 Å². The third-order valence-electron chi connectivity index (χ3n) is 6.59.